The Morgan fingerprint density at radius 2 is 1.80 bits per heavy atom. The minimum atomic E-state index is -0.206. The van der Waals surface area contributed by atoms with Gasteiger partial charge in [0.25, 0.3) is 0 Å². The SMILES string of the molecule is Fc1ccc(Cl)cc1CN(CCBr)Cc1ccccc1. The van der Waals surface area contributed by atoms with E-state index in [0.29, 0.717) is 17.1 Å². The van der Waals surface area contributed by atoms with Gasteiger partial charge in [0.2, 0.25) is 0 Å². The van der Waals surface area contributed by atoms with Crippen molar-refractivity contribution in [1.29, 1.82) is 0 Å². The first-order chi connectivity index (χ1) is 9.69. The van der Waals surface area contributed by atoms with Crippen molar-refractivity contribution in [2.24, 2.45) is 0 Å². The molecule has 0 bridgehead atoms. The largest absolute Gasteiger partial charge is 0.294 e. The zero-order valence-electron chi connectivity index (χ0n) is 11.0. The van der Waals surface area contributed by atoms with Crippen LogP contribution in [-0.4, -0.2) is 16.8 Å². The van der Waals surface area contributed by atoms with Gasteiger partial charge in [-0.1, -0.05) is 57.9 Å². The number of benzene rings is 2. The lowest BCUT2D eigenvalue weighted by molar-refractivity contribution is 0.270. The monoisotopic (exact) mass is 355 g/mol. The van der Waals surface area contributed by atoms with E-state index in [4.69, 9.17) is 11.6 Å². The number of nitrogens with zero attached hydrogens (tertiary/aromatic N) is 1. The minimum absolute atomic E-state index is 0.206. The molecule has 0 fully saturated rings. The van der Waals surface area contributed by atoms with Crippen LogP contribution in [0.1, 0.15) is 11.1 Å². The molecule has 0 aliphatic heterocycles. The Hall–Kier alpha value is -0.900. The maximum absolute atomic E-state index is 13.8. The molecule has 0 N–H and O–H groups in total. The average Bonchev–Trinajstić information content (AvgIpc) is 2.44. The molecule has 20 heavy (non-hydrogen) atoms. The predicted octanol–water partition coefficient (Wildman–Crippen LogP) is 4.88. The highest BCUT2D eigenvalue weighted by molar-refractivity contribution is 9.09. The van der Waals surface area contributed by atoms with Gasteiger partial charge < -0.3 is 0 Å². The van der Waals surface area contributed by atoms with Crippen molar-refractivity contribution in [3.05, 3.63) is 70.5 Å². The molecule has 0 heterocycles. The van der Waals surface area contributed by atoms with E-state index in [9.17, 15) is 4.39 Å². The normalized spacial score (nSPS) is 11.0. The number of hydrogen-bond acceptors (Lipinski definition) is 1. The van der Waals surface area contributed by atoms with Gasteiger partial charge in [-0.15, -0.1) is 0 Å². The fraction of sp³-hybridized carbons (Fsp3) is 0.250. The van der Waals surface area contributed by atoms with E-state index < -0.39 is 0 Å². The molecule has 0 radical (unpaired) electrons. The van der Waals surface area contributed by atoms with Gasteiger partial charge in [0.1, 0.15) is 5.82 Å². The lowest BCUT2D eigenvalue weighted by atomic mass is 10.1. The topological polar surface area (TPSA) is 3.24 Å². The quantitative estimate of drug-likeness (QED) is 0.667. The summed E-state index contributed by atoms with van der Waals surface area (Å²) < 4.78 is 13.8. The van der Waals surface area contributed by atoms with Crippen LogP contribution >= 0.6 is 27.5 Å². The van der Waals surface area contributed by atoms with E-state index in [1.807, 2.05) is 18.2 Å². The molecule has 0 amide bonds. The summed E-state index contributed by atoms with van der Waals surface area (Å²) >= 11 is 9.39. The zero-order valence-corrected chi connectivity index (χ0v) is 13.4. The molecule has 0 atom stereocenters. The molecule has 0 aliphatic carbocycles. The van der Waals surface area contributed by atoms with Crippen LogP contribution in [0.4, 0.5) is 4.39 Å². The molecule has 4 heteroatoms. The fourth-order valence-corrected chi connectivity index (χ4v) is 2.78. The van der Waals surface area contributed by atoms with E-state index in [-0.39, 0.29) is 5.82 Å². The highest BCUT2D eigenvalue weighted by Gasteiger charge is 2.10. The third-order valence-electron chi connectivity index (χ3n) is 3.05. The molecule has 2 aromatic carbocycles. The summed E-state index contributed by atoms with van der Waals surface area (Å²) in [6, 6.07) is 14.9. The average molecular weight is 357 g/mol. The van der Waals surface area contributed by atoms with Gasteiger partial charge in [0.05, 0.1) is 0 Å². The van der Waals surface area contributed by atoms with Crippen molar-refractivity contribution in [2.45, 2.75) is 13.1 Å². The Balaban J connectivity index is 2.11. The highest BCUT2D eigenvalue weighted by atomic mass is 79.9. The van der Waals surface area contributed by atoms with E-state index >= 15 is 0 Å². The molecular formula is C16H16BrClFN. The van der Waals surface area contributed by atoms with Gasteiger partial charge in [0.15, 0.2) is 0 Å². The first-order valence-corrected chi connectivity index (χ1v) is 7.95. The second-order valence-electron chi connectivity index (χ2n) is 4.62. The van der Waals surface area contributed by atoms with Gasteiger partial charge in [0, 0.05) is 35.6 Å². The second-order valence-corrected chi connectivity index (χ2v) is 5.85. The van der Waals surface area contributed by atoms with Crippen molar-refractivity contribution in [1.82, 2.24) is 4.90 Å². The first kappa shape index (κ1) is 15.5. The summed E-state index contributed by atoms with van der Waals surface area (Å²) in [5.41, 5.74) is 1.85. The molecule has 2 rings (SSSR count). The summed E-state index contributed by atoms with van der Waals surface area (Å²) in [4.78, 5) is 2.19. The lowest BCUT2D eigenvalue weighted by Crippen LogP contribution is -2.25. The number of hydrogen-bond donors (Lipinski definition) is 0. The summed E-state index contributed by atoms with van der Waals surface area (Å²) in [5.74, 6) is -0.206. The van der Waals surface area contributed by atoms with Gasteiger partial charge >= 0.3 is 0 Å². The fourth-order valence-electron chi connectivity index (χ4n) is 2.08. The van der Waals surface area contributed by atoms with Crippen molar-refractivity contribution >= 4 is 27.5 Å². The van der Waals surface area contributed by atoms with Crippen molar-refractivity contribution in [3.8, 4) is 0 Å². The predicted molar refractivity (Wildman–Crippen MR) is 85.8 cm³/mol. The van der Waals surface area contributed by atoms with Crippen molar-refractivity contribution in [2.75, 3.05) is 11.9 Å². The minimum Gasteiger partial charge on any atom is -0.294 e. The third-order valence-corrected chi connectivity index (χ3v) is 3.64. The van der Waals surface area contributed by atoms with E-state index in [1.54, 1.807) is 12.1 Å². The van der Waals surface area contributed by atoms with Gasteiger partial charge in [-0.25, -0.2) is 4.39 Å². The van der Waals surface area contributed by atoms with Gasteiger partial charge in [-0.2, -0.15) is 0 Å². The van der Waals surface area contributed by atoms with Gasteiger partial charge in [-0.3, -0.25) is 4.90 Å². The van der Waals surface area contributed by atoms with Crippen LogP contribution < -0.4 is 0 Å². The van der Waals surface area contributed by atoms with Crippen LogP contribution in [-0.2, 0) is 13.1 Å². The summed E-state index contributed by atoms with van der Waals surface area (Å²) in [7, 11) is 0. The molecule has 0 unspecified atom stereocenters. The lowest BCUT2D eigenvalue weighted by Gasteiger charge is -2.22. The molecule has 0 spiro atoms. The van der Waals surface area contributed by atoms with Crippen LogP contribution in [0.25, 0.3) is 0 Å². The molecule has 2 aromatic rings. The maximum atomic E-state index is 13.8. The molecule has 1 nitrogen and oxygen atoms in total. The van der Waals surface area contributed by atoms with Crippen LogP contribution in [0.2, 0.25) is 5.02 Å². The van der Waals surface area contributed by atoms with Crippen LogP contribution in [0.3, 0.4) is 0 Å². The molecule has 0 aromatic heterocycles. The maximum Gasteiger partial charge on any atom is 0.127 e. The Morgan fingerprint density at radius 1 is 1.05 bits per heavy atom. The molecule has 106 valence electrons. The van der Waals surface area contributed by atoms with Crippen LogP contribution in [0.5, 0.6) is 0 Å². The molecular weight excluding hydrogens is 341 g/mol. The molecule has 0 aliphatic rings. The summed E-state index contributed by atoms with van der Waals surface area (Å²) in [5, 5.41) is 1.42. The van der Waals surface area contributed by atoms with Crippen LogP contribution in [0.15, 0.2) is 48.5 Å². The smallest absolute Gasteiger partial charge is 0.127 e. The number of rotatable bonds is 6. The van der Waals surface area contributed by atoms with E-state index in [2.05, 4.69) is 33.0 Å². The first-order valence-electron chi connectivity index (χ1n) is 6.45. The van der Waals surface area contributed by atoms with Crippen molar-refractivity contribution in [3.63, 3.8) is 0 Å². The van der Waals surface area contributed by atoms with Crippen molar-refractivity contribution < 1.29 is 4.39 Å². The van der Waals surface area contributed by atoms with E-state index in [0.717, 1.165) is 18.4 Å². The number of halogens is 3. The Morgan fingerprint density at radius 3 is 2.50 bits per heavy atom. The second kappa shape index (κ2) is 7.77. The molecule has 0 saturated carbocycles. The Labute approximate surface area is 132 Å². The van der Waals surface area contributed by atoms with E-state index in [1.165, 1.54) is 11.6 Å². The summed E-state index contributed by atoms with van der Waals surface area (Å²) in [6.07, 6.45) is 0. The van der Waals surface area contributed by atoms with Crippen LogP contribution in [0, 0.1) is 5.82 Å². The Kier molecular flexibility index (Phi) is 6.02. The third kappa shape index (κ3) is 4.58. The molecule has 0 saturated heterocycles. The highest BCUT2D eigenvalue weighted by Crippen LogP contribution is 2.18. The Bertz CT molecular complexity index is 547. The standard InChI is InChI=1S/C16H16BrClFN/c17-8-9-20(11-13-4-2-1-3-5-13)12-14-10-15(18)6-7-16(14)19/h1-7,10H,8-9,11-12H2. The zero-order chi connectivity index (χ0) is 14.4. The number of alkyl halides is 1. The van der Waals surface area contributed by atoms with Gasteiger partial charge in [-0.05, 0) is 23.8 Å². The summed E-state index contributed by atoms with van der Waals surface area (Å²) in [6.45, 7) is 2.19.